The average Bonchev–Trinajstić information content (AvgIpc) is 3.19. The van der Waals surface area contributed by atoms with E-state index in [4.69, 9.17) is 4.74 Å². The van der Waals surface area contributed by atoms with Crippen molar-refractivity contribution >= 4 is 10.9 Å². The lowest BCUT2D eigenvalue weighted by atomic mass is 10.1. The Morgan fingerprint density at radius 3 is 2.95 bits per heavy atom. The van der Waals surface area contributed by atoms with Gasteiger partial charge in [-0.1, -0.05) is 18.2 Å². The van der Waals surface area contributed by atoms with E-state index >= 15 is 0 Å². The van der Waals surface area contributed by atoms with Crippen LogP contribution < -0.4 is 5.32 Å². The molecule has 108 valence electrons. The number of aromatic nitrogens is 1. The van der Waals surface area contributed by atoms with Crippen molar-refractivity contribution in [1.29, 1.82) is 0 Å². The molecule has 20 heavy (non-hydrogen) atoms. The number of nitrogens with one attached hydrogen (secondary N) is 1. The first-order valence-electron chi connectivity index (χ1n) is 7.60. The van der Waals surface area contributed by atoms with Gasteiger partial charge < -0.3 is 14.6 Å². The summed E-state index contributed by atoms with van der Waals surface area (Å²) in [5.41, 5.74) is 2.79. The van der Waals surface area contributed by atoms with Gasteiger partial charge >= 0.3 is 0 Å². The fourth-order valence-corrected chi connectivity index (χ4v) is 2.77. The van der Waals surface area contributed by atoms with Crippen molar-refractivity contribution in [3.8, 4) is 0 Å². The van der Waals surface area contributed by atoms with Crippen molar-refractivity contribution in [3.05, 3.63) is 36.0 Å². The fourth-order valence-electron chi connectivity index (χ4n) is 2.77. The lowest BCUT2D eigenvalue weighted by Crippen LogP contribution is -2.16. The zero-order chi connectivity index (χ0) is 13.9. The van der Waals surface area contributed by atoms with E-state index in [0.29, 0.717) is 6.04 Å². The molecule has 1 heterocycles. The van der Waals surface area contributed by atoms with Gasteiger partial charge in [-0.25, -0.2) is 0 Å². The van der Waals surface area contributed by atoms with Gasteiger partial charge in [-0.15, -0.1) is 0 Å². The van der Waals surface area contributed by atoms with Crippen LogP contribution in [0.4, 0.5) is 0 Å². The highest BCUT2D eigenvalue weighted by atomic mass is 16.5. The molecule has 1 aromatic carbocycles. The van der Waals surface area contributed by atoms with Crippen LogP contribution >= 0.6 is 0 Å². The molecular weight excluding hydrogens is 248 g/mol. The number of ether oxygens (including phenoxy) is 1. The zero-order valence-electron chi connectivity index (χ0n) is 12.4. The van der Waals surface area contributed by atoms with Gasteiger partial charge in [0, 0.05) is 38.5 Å². The minimum absolute atomic E-state index is 0.467. The van der Waals surface area contributed by atoms with Gasteiger partial charge in [0.05, 0.1) is 5.52 Å². The van der Waals surface area contributed by atoms with Gasteiger partial charge in [0.25, 0.3) is 0 Å². The summed E-state index contributed by atoms with van der Waals surface area (Å²) in [7, 11) is 1.77. The standard InChI is InChI=1S/C17H24N2O/c1-13(9-11-20-2)19-10-8-14-4-3-5-15(17(14)19)12-18-16-6-7-16/h3-5,8,10,13,16,18H,6-7,9,11-12H2,1-2H3. The maximum Gasteiger partial charge on any atom is 0.0528 e. The number of hydrogen-bond donors (Lipinski definition) is 1. The second-order valence-corrected chi connectivity index (χ2v) is 5.86. The monoisotopic (exact) mass is 272 g/mol. The molecule has 3 nitrogen and oxygen atoms in total. The average molecular weight is 272 g/mol. The Bertz CT molecular complexity index is 571. The lowest BCUT2D eigenvalue weighted by Gasteiger charge is -2.17. The summed E-state index contributed by atoms with van der Waals surface area (Å²) < 4.78 is 7.62. The summed E-state index contributed by atoms with van der Waals surface area (Å²) in [6, 6.07) is 10.1. The maximum atomic E-state index is 5.21. The molecule has 1 N–H and O–H groups in total. The lowest BCUT2D eigenvalue weighted by molar-refractivity contribution is 0.181. The summed E-state index contributed by atoms with van der Waals surface area (Å²) >= 11 is 0. The van der Waals surface area contributed by atoms with Gasteiger partial charge in [-0.3, -0.25) is 0 Å². The number of fused-ring (bicyclic) bond motifs is 1. The molecule has 1 aliphatic rings. The highest BCUT2D eigenvalue weighted by Gasteiger charge is 2.20. The fraction of sp³-hybridized carbons (Fsp3) is 0.529. The summed E-state index contributed by atoms with van der Waals surface area (Å²) in [6.07, 6.45) is 5.93. The van der Waals surface area contributed by atoms with E-state index in [2.05, 4.69) is 47.3 Å². The minimum Gasteiger partial charge on any atom is -0.385 e. The molecule has 2 aromatic rings. The van der Waals surface area contributed by atoms with E-state index < -0.39 is 0 Å². The number of para-hydroxylation sites is 1. The van der Waals surface area contributed by atoms with Crippen LogP contribution in [0.25, 0.3) is 10.9 Å². The van der Waals surface area contributed by atoms with Crippen LogP contribution in [0, 0.1) is 0 Å². The highest BCUT2D eigenvalue weighted by molar-refractivity contribution is 5.83. The molecule has 1 aliphatic carbocycles. The number of rotatable bonds is 7. The van der Waals surface area contributed by atoms with Crippen molar-refractivity contribution in [2.75, 3.05) is 13.7 Å². The molecular formula is C17H24N2O. The number of hydrogen-bond acceptors (Lipinski definition) is 2. The summed E-state index contributed by atoms with van der Waals surface area (Å²) in [5, 5.41) is 4.96. The first-order chi connectivity index (χ1) is 9.79. The second kappa shape index (κ2) is 5.98. The first-order valence-corrected chi connectivity index (χ1v) is 7.60. The molecule has 3 heteroatoms. The van der Waals surface area contributed by atoms with Crippen LogP contribution in [-0.2, 0) is 11.3 Å². The Kier molecular flexibility index (Phi) is 4.08. The Balaban J connectivity index is 1.86. The van der Waals surface area contributed by atoms with Crippen LogP contribution in [0.1, 0.15) is 37.8 Å². The molecule has 0 radical (unpaired) electrons. The van der Waals surface area contributed by atoms with Crippen LogP contribution in [0.2, 0.25) is 0 Å². The van der Waals surface area contributed by atoms with Crippen molar-refractivity contribution in [2.24, 2.45) is 0 Å². The SMILES string of the molecule is COCCC(C)n1ccc2cccc(CNC3CC3)c21. The van der Waals surface area contributed by atoms with Crippen molar-refractivity contribution in [1.82, 2.24) is 9.88 Å². The zero-order valence-corrected chi connectivity index (χ0v) is 12.4. The van der Waals surface area contributed by atoms with Gasteiger partial charge in [-0.2, -0.15) is 0 Å². The van der Waals surface area contributed by atoms with Crippen molar-refractivity contribution < 1.29 is 4.74 Å². The Hall–Kier alpha value is -1.32. The van der Waals surface area contributed by atoms with Crippen LogP contribution in [0.5, 0.6) is 0 Å². The molecule has 0 saturated heterocycles. The molecule has 0 aliphatic heterocycles. The second-order valence-electron chi connectivity index (χ2n) is 5.86. The smallest absolute Gasteiger partial charge is 0.0528 e. The summed E-state index contributed by atoms with van der Waals surface area (Å²) in [5.74, 6) is 0. The third-order valence-corrected chi connectivity index (χ3v) is 4.20. The molecule has 3 rings (SSSR count). The maximum absolute atomic E-state index is 5.21. The van der Waals surface area contributed by atoms with Crippen LogP contribution in [0.15, 0.2) is 30.5 Å². The van der Waals surface area contributed by atoms with Crippen molar-refractivity contribution in [2.45, 2.75) is 44.8 Å². The highest BCUT2D eigenvalue weighted by Crippen LogP contribution is 2.26. The third-order valence-electron chi connectivity index (χ3n) is 4.20. The molecule has 0 amide bonds. The van der Waals surface area contributed by atoms with Gasteiger partial charge in [-0.05, 0) is 43.2 Å². The van der Waals surface area contributed by atoms with Gasteiger partial charge in [0.1, 0.15) is 0 Å². The Labute approximate surface area is 120 Å². The molecule has 1 fully saturated rings. The van der Waals surface area contributed by atoms with E-state index in [1.54, 1.807) is 7.11 Å². The van der Waals surface area contributed by atoms with Crippen LogP contribution in [0.3, 0.4) is 0 Å². The molecule has 0 bridgehead atoms. The van der Waals surface area contributed by atoms with Crippen LogP contribution in [-0.4, -0.2) is 24.3 Å². The molecule has 1 aromatic heterocycles. The Morgan fingerprint density at radius 2 is 2.20 bits per heavy atom. The predicted molar refractivity (Wildman–Crippen MR) is 83.0 cm³/mol. The number of methoxy groups -OCH3 is 1. The molecule has 0 spiro atoms. The topological polar surface area (TPSA) is 26.2 Å². The largest absolute Gasteiger partial charge is 0.385 e. The summed E-state index contributed by atoms with van der Waals surface area (Å²) in [4.78, 5) is 0. The van der Waals surface area contributed by atoms with E-state index in [1.165, 1.54) is 29.3 Å². The van der Waals surface area contributed by atoms with Gasteiger partial charge in [0.2, 0.25) is 0 Å². The minimum atomic E-state index is 0.467. The van der Waals surface area contributed by atoms with Gasteiger partial charge in [0.15, 0.2) is 0 Å². The molecule has 1 atom stereocenters. The predicted octanol–water partition coefficient (Wildman–Crippen LogP) is 3.49. The van der Waals surface area contributed by atoms with Crippen molar-refractivity contribution in [3.63, 3.8) is 0 Å². The number of benzene rings is 1. The Morgan fingerprint density at radius 1 is 1.35 bits per heavy atom. The third kappa shape index (κ3) is 2.89. The number of nitrogens with zero attached hydrogens (tertiary/aromatic N) is 1. The first kappa shape index (κ1) is 13.7. The molecule has 1 unspecified atom stereocenters. The molecule has 1 saturated carbocycles. The normalized spacial score (nSPS) is 16.7. The quantitative estimate of drug-likeness (QED) is 0.835. The van der Waals surface area contributed by atoms with E-state index in [0.717, 1.165) is 25.6 Å². The van der Waals surface area contributed by atoms with E-state index in [1.807, 2.05) is 0 Å². The summed E-state index contributed by atoms with van der Waals surface area (Å²) in [6.45, 7) is 4.05. The van der Waals surface area contributed by atoms with E-state index in [-0.39, 0.29) is 0 Å². The van der Waals surface area contributed by atoms with E-state index in [9.17, 15) is 0 Å².